The van der Waals surface area contributed by atoms with E-state index in [0.717, 1.165) is 11.3 Å². The van der Waals surface area contributed by atoms with Crippen molar-refractivity contribution in [3.8, 4) is 0 Å². The molecular weight excluding hydrogens is 334 g/mol. The number of nitrogens with one attached hydrogen (secondary N) is 1. The van der Waals surface area contributed by atoms with Crippen molar-refractivity contribution in [3.63, 3.8) is 0 Å². The van der Waals surface area contributed by atoms with Crippen molar-refractivity contribution in [2.75, 3.05) is 18.8 Å². The summed E-state index contributed by atoms with van der Waals surface area (Å²) in [5, 5.41) is 2.85. The molecule has 128 valence electrons. The van der Waals surface area contributed by atoms with Crippen molar-refractivity contribution < 1.29 is 9.59 Å². The zero-order valence-electron chi connectivity index (χ0n) is 13.5. The predicted octanol–water partition coefficient (Wildman–Crippen LogP) is 1.90. The summed E-state index contributed by atoms with van der Waals surface area (Å²) in [5.41, 5.74) is 6.52. The van der Waals surface area contributed by atoms with Crippen LogP contribution in [-0.4, -0.2) is 47.6 Å². The summed E-state index contributed by atoms with van der Waals surface area (Å²) in [6.07, 6.45) is 0.845. The Kier molecular flexibility index (Phi) is 7.88. The number of nitrogens with zero attached hydrogens (tertiary/aromatic N) is 1. The van der Waals surface area contributed by atoms with Gasteiger partial charge in [0.1, 0.15) is 0 Å². The smallest absolute Gasteiger partial charge is 0.255 e. The molecule has 1 aromatic carbocycles. The summed E-state index contributed by atoms with van der Waals surface area (Å²) in [7, 11) is 0. The lowest BCUT2D eigenvalue weighted by Crippen LogP contribution is -2.32. The Morgan fingerprint density at radius 1 is 1.39 bits per heavy atom. The van der Waals surface area contributed by atoms with Gasteiger partial charge in [-0.2, -0.15) is 0 Å². The molecule has 0 bridgehead atoms. The van der Waals surface area contributed by atoms with Gasteiger partial charge < -0.3 is 16.0 Å². The largest absolute Gasteiger partial charge is 0.353 e. The highest BCUT2D eigenvalue weighted by atomic mass is 35.5. The molecule has 1 aliphatic rings. The standard InChI is InChI=1S/C16H23N3O2S.ClH/c1-11(2)18-15(20)10-22-14-6-4-3-5-13(14)16(21)19-8-7-12(17)9-19;/h3-6,11-12H,7-10,17H2,1-2H3,(H,18,20);1H/t12-;/m1./s1. The van der Waals surface area contributed by atoms with Crippen LogP contribution >= 0.6 is 24.2 Å². The van der Waals surface area contributed by atoms with Crippen molar-refractivity contribution in [1.82, 2.24) is 10.2 Å². The molecule has 23 heavy (non-hydrogen) atoms. The number of likely N-dealkylation sites (tertiary alicyclic amines) is 1. The minimum atomic E-state index is -0.0227. The van der Waals surface area contributed by atoms with Gasteiger partial charge in [0, 0.05) is 30.1 Å². The molecule has 1 aromatic rings. The van der Waals surface area contributed by atoms with E-state index >= 15 is 0 Å². The molecular formula is C16H24ClN3O2S. The third-order valence-corrected chi connectivity index (χ3v) is 4.51. The first kappa shape index (κ1) is 19.8. The first-order valence-electron chi connectivity index (χ1n) is 7.53. The fourth-order valence-electron chi connectivity index (χ4n) is 2.42. The lowest BCUT2D eigenvalue weighted by atomic mass is 10.2. The van der Waals surface area contributed by atoms with Gasteiger partial charge in [-0.1, -0.05) is 12.1 Å². The zero-order chi connectivity index (χ0) is 16.1. The molecule has 1 fully saturated rings. The summed E-state index contributed by atoms with van der Waals surface area (Å²) >= 11 is 1.39. The SMILES string of the molecule is CC(C)NC(=O)CSc1ccccc1C(=O)N1CC[C@@H](N)C1.Cl. The Morgan fingerprint density at radius 3 is 2.70 bits per heavy atom. The van der Waals surface area contributed by atoms with E-state index in [0.29, 0.717) is 24.4 Å². The van der Waals surface area contributed by atoms with Gasteiger partial charge in [-0.3, -0.25) is 9.59 Å². The average molecular weight is 358 g/mol. The molecule has 0 radical (unpaired) electrons. The first-order valence-corrected chi connectivity index (χ1v) is 8.52. The number of halogens is 1. The van der Waals surface area contributed by atoms with Crippen molar-refractivity contribution in [1.29, 1.82) is 0 Å². The van der Waals surface area contributed by atoms with E-state index in [-0.39, 0.29) is 36.3 Å². The fourth-order valence-corrected chi connectivity index (χ4v) is 3.27. The van der Waals surface area contributed by atoms with Crippen LogP contribution in [0.3, 0.4) is 0 Å². The van der Waals surface area contributed by atoms with Crippen LogP contribution in [0.25, 0.3) is 0 Å². The Hall–Kier alpha value is -1.24. The van der Waals surface area contributed by atoms with Crippen LogP contribution < -0.4 is 11.1 Å². The number of amides is 2. The van der Waals surface area contributed by atoms with Gasteiger partial charge in [-0.05, 0) is 32.4 Å². The third-order valence-electron chi connectivity index (χ3n) is 3.44. The molecule has 0 spiro atoms. The molecule has 1 saturated heterocycles. The van der Waals surface area contributed by atoms with Crippen LogP contribution in [0.1, 0.15) is 30.6 Å². The topological polar surface area (TPSA) is 75.4 Å². The maximum absolute atomic E-state index is 12.6. The second kappa shape index (κ2) is 9.15. The second-order valence-electron chi connectivity index (χ2n) is 5.81. The number of nitrogens with two attached hydrogens (primary N) is 1. The van der Waals surface area contributed by atoms with E-state index in [1.807, 2.05) is 38.1 Å². The maximum Gasteiger partial charge on any atom is 0.255 e. The Labute approximate surface area is 147 Å². The first-order chi connectivity index (χ1) is 10.5. The molecule has 0 unspecified atom stereocenters. The van der Waals surface area contributed by atoms with Gasteiger partial charge >= 0.3 is 0 Å². The van der Waals surface area contributed by atoms with Gasteiger partial charge in [0.2, 0.25) is 5.91 Å². The minimum Gasteiger partial charge on any atom is -0.353 e. The molecule has 2 rings (SSSR count). The number of rotatable bonds is 5. The molecule has 3 N–H and O–H groups in total. The number of benzene rings is 1. The van der Waals surface area contributed by atoms with Gasteiger partial charge in [-0.15, -0.1) is 24.2 Å². The molecule has 2 amide bonds. The summed E-state index contributed by atoms with van der Waals surface area (Å²) < 4.78 is 0. The number of carbonyl (C=O) groups is 2. The van der Waals surface area contributed by atoms with Crippen LogP contribution in [0.4, 0.5) is 0 Å². The van der Waals surface area contributed by atoms with E-state index < -0.39 is 0 Å². The van der Waals surface area contributed by atoms with Crippen molar-refractivity contribution in [3.05, 3.63) is 29.8 Å². The Balaban J connectivity index is 0.00000264. The monoisotopic (exact) mass is 357 g/mol. The molecule has 5 nitrogen and oxygen atoms in total. The molecule has 1 aliphatic heterocycles. The fraction of sp³-hybridized carbons (Fsp3) is 0.500. The lowest BCUT2D eigenvalue weighted by molar-refractivity contribution is -0.119. The van der Waals surface area contributed by atoms with Gasteiger partial charge in [0.05, 0.1) is 11.3 Å². The van der Waals surface area contributed by atoms with E-state index in [9.17, 15) is 9.59 Å². The molecule has 0 aromatic heterocycles. The van der Waals surface area contributed by atoms with Gasteiger partial charge in [0.15, 0.2) is 0 Å². The van der Waals surface area contributed by atoms with Crippen LogP contribution in [0.15, 0.2) is 29.2 Å². The molecule has 7 heteroatoms. The molecule has 0 aliphatic carbocycles. The third kappa shape index (κ3) is 5.71. The summed E-state index contributed by atoms with van der Waals surface area (Å²) in [4.78, 5) is 27.0. The highest BCUT2D eigenvalue weighted by Crippen LogP contribution is 2.25. The minimum absolute atomic E-state index is 0. The molecule has 1 atom stereocenters. The molecule has 1 heterocycles. The van der Waals surface area contributed by atoms with E-state index in [2.05, 4.69) is 5.32 Å². The van der Waals surface area contributed by atoms with E-state index in [1.54, 1.807) is 4.90 Å². The normalized spacial score (nSPS) is 17.0. The van der Waals surface area contributed by atoms with Crippen molar-refractivity contribution in [2.24, 2.45) is 5.73 Å². The maximum atomic E-state index is 12.6. The van der Waals surface area contributed by atoms with Gasteiger partial charge in [-0.25, -0.2) is 0 Å². The highest BCUT2D eigenvalue weighted by molar-refractivity contribution is 8.00. The Morgan fingerprint density at radius 2 is 2.09 bits per heavy atom. The quantitative estimate of drug-likeness (QED) is 0.789. The van der Waals surface area contributed by atoms with Crippen LogP contribution in [0.2, 0.25) is 0 Å². The number of hydrogen-bond donors (Lipinski definition) is 2. The number of thioether (sulfide) groups is 1. The Bertz CT molecular complexity index is 554. The van der Waals surface area contributed by atoms with E-state index in [1.165, 1.54) is 11.8 Å². The van der Waals surface area contributed by atoms with Crippen molar-refractivity contribution in [2.45, 2.75) is 37.2 Å². The predicted molar refractivity (Wildman–Crippen MR) is 96.2 cm³/mol. The summed E-state index contributed by atoms with van der Waals surface area (Å²) in [6.45, 7) is 5.16. The van der Waals surface area contributed by atoms with Gasteiger partial charge in [0.25, 0.3) is 5.91 Å². The van der Waals surface area contributed by atoms with Crippen LogP contribution in [-0.2, 0) is 4.79 Å². The zero-order valence-corrected chi connectivity index (χ0v) is 15.1. The highest BCUT2D eigenvalue weighted by Gasteiger charge is 2.26. The van der Waals surface area contributed by atoms with Crippen LogP contribution in [0.5, 0.6) is 0 Å². The number of hydrogen-bond acceptors (Lipinski definition) is 4. The number of carbonyl (C=O) groups excluding carboxylic acids is 2. The average Bonchev–Trinajstić information content (AvgIpc) is 2.90. The molecule has 0 saturated carbocycles. The second-order valence-corrected chi connectivity index (χ2v) is 6.82. The summed E-state index contributed by atoms with van der Waals surface area (Å²) in [6, 6.07) is 7.62. The summed E-state index contributed by atoms with van der Waals surface area (Å²) in [5.74, 6) is 0.285. The van der Waals surface area contributed by atoms with E-state index in [4.69, 9.17) is 5.73 Å². The lowest BCUT2D eigenvalue weighted by Gasteiger charge is -2.18. The van der Waals surface area contributed by atoms with Crippen LogP contribution in [0, 0.1) is 0 Å². The van der Waals surface area contributed by atoms with Crippen molar-refractivity contribution >= 4 is 36.0 Å².